The van der Waals surface area contributed by atoms with E-state index in [1.807, 2.05) is 24.3 Å². The van der Waals surface area contributed by atoms with Crippen molar-refractivity contribution < 1.29 is 9.53 Å². The molecule has 0 spiro atoms. The first kappa shape index (κ1) is 19.7. The molecule has 0 saturated carbocycles. The van der Waals surface area contributed by atoms with Crippen molar-refractivity contribution in [1.29, 1.82) is 0 Å². The van der Waals surface area contributed by atoms with Gasteiger partial charge in [-0.15, -0.1) is 11.3 Å². The van der Waals surface area contributed by atoms with Gasteiger partial charge < -0.3 is 10.1 Å². The lowest BCUT2D eigenvalue weighted by molar-refractivity contribution is -0.122. The zero-order valence-corrected chi connectivity index (χ0v) is 18.2. The zero-order valence-electron chi connectivity index (χ0n) is 17.4. The quantitative estimate of drug-likeness (QED) is 0.518. The summed E-state index contributed by atoms with van der Waals surface area (Å²) < 4.78 is 8.15. The molecule has 3 aromatic heterocycles. The molecule has 4 aromatic rings. The Morgan fingerprint density at radius 1 is 1.39 bits per heavy atom. The fourth-order valence-electron chi connectivity index (χ4n) is 4.18. The molecule has 160 valence electrons. The molecule has 8 nitrogen and oxygen atoms in total. The second-order valence-corrected chi connectivity index (χ2v) is 9.11. The number of hydrogen-bond donors (Lipinski definition) is 1. The topological polar surface area (TPSA) is 90.5 Å². The summed E-state index contributed by atoms with van der Waals surface area (Å²) in [6, 6.07) is 7.49. The van der Waals surface area contributed by atoms with Crippen LogP contribution < -0.4 is 15.7 Å². The lowest BCUT2D eigenvalue weighted by Crippen LogP contribution is -2.32. The van der Waals surface area contributed by atoms with Gasteiger partial charge in [-0.1, -0.05) is 19.1 Å². The maximum Gasteiger partial charge on any atom is 0.365 e. The first-order chi connectivity index (χ1) is 15.0. The molecule has 0 bridgehead atoms. The third-order valence-electron chi connectivity index (χ3n) is 5.82. The number of amides is 1. The maximum atomic E-state index is 12.6. The normalized spacial score (nSPS) is 15.9. The van der Waals surface area contributed by atoms with E-state index in [-0.39, 0.29) is 12.5 Å². The minimum atomic E-state index is -0.449. The van der Waals surface area contributed by atoms with Crippen LogP contribution in [0.3, 0.4) is 0 Å². The molecule has 3 heterocycles. The summed E-state index contributed by atoms with van der Waals surface area (Å²) in [6.07, 6.45) is 4.73. The predicted molar refractivity (Wildman–Crippen MR) is 119 cm³/mol. The van der Waals surface area contributed by atoms with Gasteiger partial charge in [0.05, 0.1) is 12.5 Å². The van der Waals surface area contributed by atoms with Crippen molar-refractivity contribution in [3.63, 3.8) is 0 Å². The Bertz CT molecular complexity index is 1350. The van der Waals surface area contributed by atoms with Crippen molar-refractivity contribution in [2.24, 2.45) is 5.92 Å². The summed E-state index contributed by atoms with van der Waals surface area (Å²) >= 11 is 1.69. The van der Waals surface area contributed by atoms with Crippen LogP contribution in [-0.4, -0.2) is 32.2 Å². The summed E-state index contributed by atoms with van der Waals surface area (Å²) in [7, 11) is 1.60. The van der Waals surface area contributed by atoms with Crippen LogP contribution in [0, 0.1) is 5.92 Å². The molecule has 9 heteroatoms. The Labute approximate surface area is 182 Å². The summed E-state index contributed by atoms with van der Waals surface area (Å²) in [5, 5.41) is 3.81. The second-order valence-electron chi connectivity index (χ2n) is 8.02. The van der Waals surface area contributed by atoms with Crippen LogP contribution in [-0.2, 0) is 30.7 Å². The average Bonchev–Trinajstić information content (AvgIpc) is 3.29. The highest BCUT2D eigenvalue weighted by Crippen LogP contribution is 2.38. The van der Waals surface area contributed by atoms with Gasteiger partial charge >= 0.3 is 5.69 Å². The lowest BCUT2D eigenvalue weighted by atomic mass is 9.89. The van der Waals surface area contributed by atoms with E-state index >= 15 is 0 Å². The summed E-state index contributed by atoms with van der Waals surface area (Å²) in [6.45, 7) is 2.49. The highest BCUT2D eigenvalue weighted by molar-refractivity contribution is 7.19. The van der Waals surface area contributed by atoms with Gasteiger partial charge in [-0.05, 0) is 48.4 Å². The first-order valence-electron chi connectivity index (χ1n) is 10.3. The Morgan fingerprint density at radius 3 is 3.10 bits per heavy atom. The van der Waals surface area contributed by atoms with E-state index in [0.717, 1.165) is 40.8 Å². The molecule has 1 aromatic carbocycles. The molecular formula is C22H23N5O3S. The third kappa shape index (κ3) is 3.59. The predicted octanol–water partition coefficient (Wildman–Crippen LogP) is 2.56. The van der Waals surface area contributed by atoms with Crippen molar-refractivity contribution in [2.45, 2.75) is 39.3 Å². The molecule has 0 saturated heterocycles. The van der Waals surface area contributed by atoms with Gasteiger partial charge in [-0.3, -0.25) is 4.79 Å². The molecule has 0 radical (unpaired) electrons. The minimum Gasteiger partial charge on any atom is -0.497 e. The molecule has 1 unspecified atom stereocenters. The van der Waals surface area contributed by atoms with Crippen molar-refractivity contribution in [1.82, 2.24) is 24.5 Å². The Kier molecular flexibility index (Phi) is 4.97. The van der Waals surface area contributed by atoms with E-state index in [9.17, 15) is 9.59 Å². The number of nitrogens with zero attached hydrogens (tertiary/aromatic N) is 4. The largest absolute Gasteiger partial charge is 0.497 e. The lowest BCUT2D eigenvalue weighted by Gasteiger charge is -2.17. The number of rotatable bonds is 5. The van der Waals surface area contributed by atoms with Gasteiger partial charge in [-0.25, -0.2) is 19.0 Å². The van der Waals surface area contributed by atoms with Crippen molar-refractivity contribution in [3.05, 3.63) is 57.1 Å². The van der Waals surface area contributed by atoms with Crippen LogP contribution >= 0.6 is 11.3 Å². The van der Waals surface area contributed by atoms with Crippen LogP contribution in [0.2, 0.25) is 0 Å². The second kappa shape index (κ2) is 7.81. The minimum absolute atomic E-state index is 0.124. The van der Waals surface area contributed by atoms with E-state index < -0.39 is 5.69 Å². The van der Waals surface area contributed by atoms with E-state index in [2.05, 4.69) is 22.2 Å². The number of aryl methyl sites for hydroxylation is 1. The molecule has 1 aliphatic carbocycles. The number of carbonyl (C=O) groups is 1. The van der Waals surface area contributed by atoms with Gasteiger partial charge in [-0.2, -0.15) is 4.98 Å². The SMILES string of the molecule is COc1cccc(CNC(=O)Cn2c(=O)nc3c4c5c(sc4ncn32)CC(C)CC5)c1. The van der Waals surface area contributed by atoms with E-state index in [4.69, 9.17) is 4.74 Å². The number of hydrogen-bond acceptors (Lipinski definition) is 6. The van der Waals surface area contributed by atoms with Gasteiger partial charge in [0.15, 0.2) is 5.65 Å². The number of thiophene rings is 1. The molecule has 0 aliphatic heterocycles. The molecule has 1 amide bonds. The highest BCUT2D eigenvalue weighted by Gasteiger charge is 2.24. The Balaban J connectivity index is 1.42. The number of benzene rings is 1. The van der Waals surface area contributed by atoms with Gasteiger partial charge in [0.1, 0.15) is 23.5 Å². The molecule has 0 fully saturated rings. The van der Waals surface area contributed by atoms with Crippen LogP contribution in [0.4, 0.5) is 0 Å². The number of fused-ring (bicyclic) bond motifs is 5. The van der Waals surface area contributed by atoms with Gasteiger partial charge in [0, 0.05) is 11.4 Å². The summed E-state index contributed by atoms with van der Waals surface area (Å²) in [5.74, 6) is 1.12. The van der Waals surface area contributed by atoms with Crippen molar-refractivity contribution >= 4 is 33.1 Å². The van der Waals surface area contributed by atoms with Crippen molar-refractivity contribution in [3.8, 4) is 5.75 Å². The summed E-state index contributed by atoms with van der Waals surface area (Å²) in [5.41, 5.74) is 2.31. The van der Waals surface area contributed by atoms with E-state index in [1.165, 1.54) is 15.1 Å². The smallest absolute Gasteiger partial charge is 0.365 e. The fourth-order valence-corrected chi connectivity index (χ4v) is 5.52. The fraction of sp³-hybridized carbons (Fsp3) is 0.364. The number of ether oxygens (including phenoxy) is 1. The van der Waals surface area contributed by atoms with Gasteiger partial charge in [0.25, 0.3) is 0 Å². The van der Waals surface area contributed by atoms with Crippen LogP contribution in [0.15, 0.2) is 35.4 Å². The molecule has 1 aliphatic rings. The monoisotopic (exact) mass is 437 g/mol. The zero-order chi connectivity index (χ0) is 21.5. The number of carbonyl (C=O) groups excluding carboxylic acids is 1. The van der Waals surface area contributed by atoms with Crippen LogP contribution in [0.5, 0.6) is 5.75 Å². The Hall–Kier alpha value is -3.20. The molecule has 1 N–H and O–H groups in total. The van der Waals surface area contributed by atoms with E-state index in [0.29, 0.717) is 18.1 Å². The standard InChI is InChI=1S/C22H23N5O3S/c1-13-6-7-16-17(8-13)31-21-19(16)20-25-22(29)26(27(20)12-24-21)11-18(28)23-10-14-4-3-5-15(9-14)30-2/h3-5,9,12-13H,6-8,10-11H2,1-2H3,(H,23,28). The number of aromatic nitrogens is 4. The number of nitrogens with one attached hydrogen (secondary N) is 1. The maximum absolute atomic E-state index is 12.6. The van der Waals surface area contributed by atoms with E-state index in [1.54, 1.807) is 29.3 Å². The van der Waals surface area contributed by atoms with Gasteiger partial charge in [0.2, 0.25) is 5.91 Å². The first-order valence-corrected chi connectivity index (χ1v) is 11.1. The van der Waals surface area contributed by atoms with Crippen LogP contribution in [0.1, 0.15) is 29.3 Å². The van der Waals surface area contributed by atoms with Crippen molar-refractivity contribution in [2.75, 3.05) is 7.11 Å². The third-order valence-corrected chi connectivity index (χ3v) is 6.98. The molecular weight excluding hydrogens is 414 g/mol. The number of methoxy groups -OCH3 is 1. The Morgan fingerprint density at radius 2 is 2.26 bits per heavy atom. The molecule has 31 heavy (non-hydrogen) atoms. The summed E-state index contributed by atoms with van der Waals surface area (Å²) in [4.78, 5) is 36.3. The highest BCUT2D eigenvalue weighted by atomic mass is 32.1. The molecule has 5 rings (SSSR count). The average molecular weight is 438 g/mol. The molecule has 1 atom stereocenters. The van der Waals surface area contributed by atoms with Crippen LogP contribution in [0.25, 0.3) is 15.9 Å².